The van der Waals surface area contributed by atoms with E-state index in [4.69, 9.17) is 16.1 Å². The van der Waals surface area contributed by atoms with Crippen LogP contribution in [0.3, 0.4) is 0 Å². The molecule has 4 rings (SSSR count). The average Bonchev–Trinajstić information content (AvgIpc) is 3.27. The molecule has 1 aromatic carbocycles. The maximum Gasteiger partial charge on any atom is 0.434 e. The second kappa shape index (κ2) is 7.21. The van der Waals surface area contributed by atoms with Gasteiger partial charge in [-0.2, -0.15) is 18.3 Å². The minimum atomic E-state index is -4.79. The maximum atomic E-state index is 14.1. The molecule has 154 valence electrons. The molecule has 30 heavy (non-hydrogen) atoms. The van der Waals surface area contributed by atoms with Crippen molar-refractivity contribution in [2.24, 2.45) is 0 Å². The smallest absolute Gasteiger partial charge is 0.356 e. The molecule has 0 aliphatic rings. The Hall–Kier alpha value is -3.27. The summed E-state index contributed by atoms with van der Waals surface area (Å²) in [7, 11) is 0. The van der Waals surface area contributed by atoms with Crippen LogP contribution < -0.4 is 0 Å². The highest BCUT2D eigenvalue weighted by atomic mass is 35.5. The summed E-state index contributed by atoms with van der Waals surface area (Å²) < 4.78 is 61.7. The van der Waals surface area contributed by atoms with Crippen LogP contribution in [0.15, 0.2) is 41.1 Å². The fourth-order valence-corrected chi connectivity index (χ4v) is 3.30. The molecule has 0 radical (unpaired) electrons. The molecule has 0 fully saturated rings. The summed E-state index contributed by atoms with van der Waals surface area (Å²) in [6.45, 7) is 3.20. The number of rotatable bonds is 3. The first kappa shape index (κ1) is 20.0. The summed E-state index contributed by atoms with van der Waals surface area (Å²) >= 11 is 6.00. The molecule has 11 heteroatoms. The van der Waals surface area contributed by atoms with Gasteiger partial charge in [-0.15, -0.1) is 0 Å². The number of nitrogens with zero attached hydrogens (tertiary/aromatic N) is 5. The van der Waals surface area contributed by atoms with E-state index in [9.17, 15) is 17.6 Å². The lowest BCUT2D eigenvalue weighted by Gasteiger charge is -2.12. The SMILES string of the molecule is Cc1cc(-n2ncc(-c3cc(-c4c(F)cccc4Cl)no3)c2C(F)(F)F)nc(C)n1. The molecule has 0 bridgehead atoms. The molecule has 0 aliphatic heterocycles. The molecule has 3 aromatic heterocycles. The van der Waals surface area contributed by atoms with Crippen molar-refractivity contribution in [1.82, 2.24) is 24.9 Å². The second-order valence-electron chi connectivity index (χ2n) is 6.40. The first-order chi connectivity index (χ1) is 14.1. The molecule has 6 nitrogen and oxygen atoms in total. The van der Waals surface area contributed by atoms with Gasteiger partial charge in [-0.25, -0.2) is 19.0 Å². The molecule has 0 atom stereocenters. The minimum absolute atomic E-state index is 0.0392. The van der Waals surface area contributed by atoms with Gasteiger partial charge in [-0.3, -0.25) is 0 Å². The van der Waals surface area contributed by atoms with E-state index >= 15 is 0 Å². The molecular weight excluding hydrogens is 426 g/mol. The lowest BCUT2D eigenvalue weighted by atomic mass is 10.1. The molecule has 0 spiro atoms. The van der Waals surface area contributed by atoms with Crippen LogP contribution in [-0.4, -0.2) is 24.9 Å². The maximum absolute atomic E-state index is 14.1. The third-order valence-corrected chi connectivity index (χ3v) is 4.52. The van der Waals surface area contributed by atoms with Crippen LogP contribution in [-0.2, 0) is 6.18 Å². The van der Waals surface area contributed by atoms with Crippen molar-refractivity contribution in [3.8, 4) is 28.4 Å². The van der Waals surface area contributed by atoms with Crippen LogP contribution in [0.1, 0.15) is 17.2 Å². The van der Waals surface area contributed by atoms with Crippen molar-refractivity contribution >= 4 is 11.6 Å². The Labute approximate surface area is 172 Å². The van der Waals surface area contributed by atoms with E-state index in [2.05, 4.69) is 20.2 Å². The Morgan fingerprint density at radius 1 is 1.10 bits per heavy atom. The Morgan fingerprint density at radius 2 is 1.87 bits per heavy atom. The van der Waals surface area contributed by atoms with E-state index in [-0.39, 0.29) is 33.4 Å². The number of alkyl halides is 3. The average molecular weight is 438 g/mol. The standard InChI is InChI=1S/C19H12ClF4N5O/c1-9-6-16(27-10(2)26-9)29-18(19(22,23)24)11(8-25-29)15-7-14(28-30-15)17-12(20)4-3-5-13(17)21/h3-8H,1-2H3. The van der Waals surface area contributed by atoms with Gasteiger partial charge in [0.2, 0.25) is 0 Å². The highest BCUT2D eigenvalue weighted by Crippen LogP contribution is 2.40. The highest BCUT2D eigenvalue weighted by molar-refractivity contribution is 6.33. The first-order valence-electron chi connectivity index (χ1n) is 8.54. The van der Waals surface area contributed by atoms with E-state index in [1.165, 1.54) is 24.3 Å². The lowest BCUT2D eigenvalue weighted by Crippen LogP contribution is -2.16. The van der Waals surface area contributed by atoms with Crippen molar-refractivity contribution in [3.63, 3.8) is 0 Å². The summed E-state index contributed by atoms with van der Waals surface area (Å²) in [6.07, 6.45) is -3.80. The van der Waals surface area contributed by atoms with Crippen LogP contribution >= 0.6 is 11.6 Å². The van der Waals surface area contributed by atoms with Gasteiger partial charge in [-0.1, -0.05) is 22.8 Å². The predicted molar refractivity (Wildman–Crippen MR) is 99.5 cm³/mol. The Kier molecular flexibility index (Phi) is 4.81. The summed E-state index contributed by atoms with van der Waals surface area (Å²) in [6, 6.07) is 6.56. The summed E-state index contributed by atoms with van der Waals surface area (Å²) in [4.78, 5) is 8.10. The van der Waals surface area contributed by atoms with Gasteiger partial charge in [0.15, 0.2) is 17.3 Å². The molecule has 0 saturated heterocycles. The van der Waals surface area contributed by atoms with Gasteiger partial charge in [0.05, 0.1) is 22.3 Å². The Bertz CT molecular complexity index is 1210. The topological polar surface area (TPSA) is 69.6 Å². The van der Waals surface area contributed by atoms with Crippen molar-refractivity contribution in [2.75, 3.05) is 0 Å². The normalized spacial score (nSPS) is 11.8. The quantitative estimate of drug-likeness (QED) is 0.401. The first-order valence-corrected chi connectivity index (χ1v) is 8.92. The largest absolute Gasteiger partial charge is 0.434 e. The van der Waals surface area contributed by atoms with Crippen LogP contribution in [0, 0.1) is 19.7 Å². The van der Waals surface area contributed by atoms with Crippen LogP contribution in [0.2, 0.25) is 5.02 Å². The predicted octanol–water partition coefficient (Wildman–Crippen LogP) is 5.41. The second-order valence-corrected chi connectivity index (χ2v) is 6.81. The van der Waals surface area contributed by atoms with E-state index < -0.39 is 17.7 Å². The summed E-state index contributed by atoms with van der Waals surface area (Å²) in [5.41, 5.74) is -1.11. The van der Waals surface area contributed by atoms with Gasteiger partial charge in [0, 0.05) is 17.8 Å². The molecule has 3 heterocycles. The Balaban J connectivity index is 1.87. The number of benzene rings is 1. The van der Waals surface area contributed by atoms with E-state index in [1.54, 1.807) is 13.8 Å². The van der Waals surface area contributed by atoms with Crippen molar-refractivity contribution in [2.45, 2.75) is 20.0 Å². The molecule has 0 aliphatic carbocycles. The summed E-state index contributed by atoms with van der Waals surface area (Å²) in [5, 5.41) is 7.59. The fourth-order valence-electron chi connectivity index (χ4n) is 3.04. The van der Waals surface area contributed by atoms with Crippen LogP contribution in [0.4, 0.5) is 17.6 Å². The molecule has 0 unspecified atom stereocenters. The number of aryl methyl sites for hydroxylation is 2. The van der Waals surface area contributed by atoms with E-state index in [0.29, 0.717) is 16.2 Å². The molecule has 4 aromatic rings. The number of aromatic nitrogens is 5. The van der Waals surface area contributed by atoms with E-state index in [0.717, 1.165) is 12.3 Å². The van der Waals surface area contributed by atoms with Gasteiger partial charge in [-0.05, 0) is 26.0 Å². The zero-order chi connectivity index (χ0) is 21.6. The minimum Gasteiger partial charge on any atom is -0.356 e. The van der Waals surface area contributed by atoms with Crippen molar-refractivity contribution < 1.29 is 22.1 Å². The van der Waals surface area contributed by atoms with Gasteiger partial charge < -0.3 is 4.52 Å². The van der Waals surface area contributed by atoms with Crippen molar-refractivity contribution in [3.05, 3.63) is 64.6 Å². The van der Waals surface area contributed by atoms with Crippen molar-refractivity contribution in [1.29, 1.82) is 0 Å². The fraction of sp³-hybridized carbons (Fsp3) is 0.158. The zero-order valence-electron chi connectivity index (χ0n) is 15.5. The molecule has 0 saturated carbocycles. The van der Waals surface area contributed by atoms with Gasteiger partial charge in [0.25, 0.3) is 0 Å². The molecule has 0 N–H and O–H groups in total. The van der Waals surface area contributed by atoms with E-state index in [1.807, 2.05) is 0 Å². The number of halogens is 5. The molecular formula is C19H12ClF4N5O. The highest BCUT2D eigenvalue weighted by Gasteiger charge is 2.40. The lowest BCUT2D eigenvalue weighted by molar-refractivity contribution is -0.142. The number of hydrogen-bond acceptors (Lipinski definition) is 5. The monoisotopic (exact) mass is 437 g/mol. The summed E-state index contributed by atoms with van der Waals surface area (Å²) in [5.74, 6) is -0.673. The van der Waals surface area contributed by atoms with Crippen LogP contribution in [0.25, 0.3) is 28.4 Å². The number of hydrogen-bond donors (Lipinski definition) is 0. The Morgan fingerprint density at radius 3 is 2.53 bits per heavy atom. The van der Waals surface area contributed by atoms with Crippen LogP contribution in [0.5, 0.6) is 0 Å². The van der Waals surface area contributed by atoms with Gasteiger partial charge in [0.1, 0.15) is 17.3 Å². The van der Waals surface area contributed by atoms with Gasteiger partial charge >= 0.3 is 6.18 Å². The third kappa shape index (κ3) is 3.54. The zero-order valence-corrected chi connectivity index (χ0v) is 16.3. The third-order valence-electron chi connectivity index (χ3n) is 4.20. The molecule has 0 amide bonds.